The number of aromatic nitrogens is 4. The first-order valence-electron chi connectivity index (χ1n) is 10.5. The lowest BCUT2D eigenvalue weighted by Gasteiger charge is -2.14. The molecule has 1 atom stereocenters. The molecular weight excluding hydrogens is 563 g/mol. The highest BCUT2D eigenvalue weighted by atomic mass is 35.5. The van der Waals surface area contributed by atoms with Crippen LogP contribution in [0, 0.1) is 0 Å². The molecule has 0 bridgehead atoms. The fourth-order valence-corrected chi connectivity index (χ4v) is 5.06. The molecule has 4 aromatic rings. The Morgan fingerprint density at radius 2 is 1.83 bits per heavy atom. The second-order valence-corrected chi connectivity index (χ2v) is 10.7. The van der Waals surface area contributed by atoms with Crippen LogP contribution in [0.15, 0.2) is 53.0 Å². The van der Waals surface area contributed by atoms with E-state index in [1.807, 2.05) is 17.5 Å². The summed E-state index contributed by atoms with van der Waals surface area (Å²) in [6.07, 6.45) is 0. The van der Waals surface area contributed by atoms with Gasteiger partial charge in [-0.25, -0.2) is 4.98 Å². The van der Waals surface area contributed by atoms with E-state index in [0.717, 1.165) is 11.3 Å². The van der Waals surface area contributed by atoms with Crippen molar-refractivity contribution in [3.05, 3.63) is 74.3 Å². The third kappa shape index (κ3) is 6.37. The first-order valence-corrected chi connectivity index (χ1v) is 13.5. The van der Waals surface area contributed by atoms with Gasteiger partial charge in [0.15, 0.2) is 16.1 Å². The van der Waals surface area contributed by atoms with Crippen molar-refractivity contribution in [3.8, 4) is 11.3 Å². The SMILES string of the molecule is C[C@@H](NC(=O)c1ccc(Cl)c(Cl)c1)c1nnc(SCC(=O)Nc2nc(-c3ccc(Cl)cc3)cs2)n1C. The maximum atomic E-state index is 12.6. The Morgan fingerprint density at radius 1 is 1.08 bits per heavy atom. The number of benzene rings is 2. The summed E-state index contributed by atoms with van der Waals surface area (Å²) in [5, 5.41) is 18.2. The van der Waals surface area contributed by atoms with Crippen molar-refractivity contribution >= 4 is 74.8 Å². The number of halogens is 3. The molecule has 0 radical (unpaired) electrons. The van der Waals surface area contributed by atoms with E-state index in [1.54, 1.807) is 42.8 Å². The molecule has 0 aliphatic carbocycles. The van der Waals surface area contributed by atoms with Crippen LogP contribution in [-0.2, 0) is 11.8 Å². The van der Waals surface area contributed by atoms with E-state index >= 15 is 0 Å². The molecule has 2 aromatic heterocycles. The van der Waals surface area contributed by atoms with Crippen LogP contribution in [0.2, 0.25) is 15.1 Å². The minimum absolute atomic E-state index is 0.117. The Hall–Kier alpha value is -2.63. The van der Waals surface area contributed by atoms with Gasteiger partial charge in [-0.1, -0.05) is 58.7 Å². The van der Waals surface area contributed by atoms with Crippen molar-refractivity contribution in [2.24, 2.45) is 7.05 Å². The Labute approximate surface area is 230 Å². The molecule has 0 unspecified atom stereocenters. The maximum absolute atomic E-state index is 12.6. The quantitative estimate of drug-likeness (QED) is 0.243. The Morgan fingerprint density at radius 3 is 2.56 bits per heavy atom. The van der Waals surface area contributed by atoms with Gasteiger partial charge in [0.2, 0.25) is 5.91 Å². The lowest BCUT2D eigenvalue weighted by Crippen LogP contribution is -2.28. The van der Waals surface area contributed by atoms with Gasteiger partial charge in [-0.15, -0.1) is 21.5 Å². The number of hydrogen-bond donors (Lipinski definition) is 2. The third-order valence-electron chi connectivity index (χ3n) is 5.01. The minimum atomic E-state index is -0.436. The van der Waals surface area contributed by atoms with Gasteiger partial charge in [0.05, 0.1) is 27.5 Å². The molecule has 8 nitrogen and oxygen atoms in total. The lowest BCUT2D eigenvalue weighted by molar-refractivity contribution is -0.113. The van der Waals surface area contributed by atoms with Crippen LogP contribution in [0.4, 0.5) is 5.13 Å². The number of anilines is 1. The van der Waals surface area contributed by atoms with Crippen molar-refractivity contribution in [2.45, 2.75) is 18.1 Å². The van der Waals surface area contributed by atoms with E-state index in [4.69, 9.17) is 34.8 Å². The molecule has 2 amide bonds. The van der Waals surface area contributed by atoms with Crippen LogP contribution >= 0.6 is 57.9 Å². The van der Waals surface area contributed by atoms with Gasteiger partial charge in [0.25, 0.3) is 5.91 Å². The fraction of sp³-hybridized carbons (Fsp3) is 0.174. The van der Waals surface area contributed by atoms with Crippen molar-refractivity contribution in [2.75, 3.05) is 11.1 Å². The topological polar surface area (TPSA) is 102 Å². The second-order valence-electron chi connectivity index (χ2n) is 7.61. The van der Waals surface area contributed by atoms with E-state index in [0.29, 0.717) is 36.7 Å². The number of thioether (sulfide) groups is 1. The van der Waals surface area contributed by atoms with E-state index < -0.39 is 6.04 Å². The highest BCUT2D eigenvalue weighted by Gasteiger charge is 2.20. The average molecular weight is 582 g/mol. The van der Waals surface area contributed by atoms with Crippen molar-refractivity contribution in [3.63, 3.8) is 0 Å². The van der Waals surface area contributed by atoms with Crippen molar-refractivity contribution < 1.29 is 9.59 Å². The Kier molecular flexibility index (Phi) is 8.53. The van der Waals surface area contributed by atoms with Crippen LogP contribution in [0.1, 0.15) is 29.1 Å². The lowest BCUT2D eigenvalue weighted by atomic mass is 10.2. The number of thiazole rings is 1. The first-order chi connectivity index (χ1) is 17.2. The predicted molar refractivity (Wildman–Crippen MR) is 145 cm³/mol. The molecule has 0 aliphatic heterocycles. The number of carbonyl (C=O) groups excluding carboxylic acids is 2. The summed E-state index contributed by atoms with van der Waals surface area (Å²) in [6.45, 7) is 1.79. The van der Waals surface area contributed by atoms with E-state index in [2.05, 4.69) is 25.8 Å². The molecule has 4 rings (SSSR count). The van der Waals surface area contributed by atoms with Crippen LogP contribution < -0.4 is 10.6 Å². The molecule has 2 N–H and O–H groups in total. The molecule has 186 valence electrons. The summed E-state index contributed by atoms with van der Waals surface area (Å²) in [7, 11) is 1.77. The Balaban J connectivity index is 1.32. The van der Waals surface area contributed by atoms with Crippen molar-refractivity contribution in [1.82, 2.24) is 25.1 Å². The summed E-state index contributed by atoms with van der Waals surface area (Å²) >= 11 is 20.4. The summed E-state index contributed by atoms with van der Waals surface area (Å²) in [5.74, 6) is 0.117. The van der Waals surface area contributed by atoms with Gasteiger partial charge in [0.1, 0.15) is 0 Å². The summed E-state index contributed by atoms with van der Waals surface area (Å²) in [6, 6.07) is 11.6. The number of hydrogen-bond acceptors (Lipinski definition) is 7. The first kappa shape index (κ1) is 26.4. The zero-order valence-electron chi connectivity index (χ0n) is 19.0. The van der Waals surface area contributed by atoms with E-state index in [1.165, 1.54) is 29.2 Å². The maximum Gasteiger partial charge on any atom is 0.251 e. The molecule has 13 heteroatoms. The van der Waals surface area contributed by atoms with Gasteiger partial charge in [-0.2, -0.15) is 0 Å². The van der Waals surface area contributed by atoms with Crippen LogP contribution in [0.3, 0.4) is 0 Å². The summed E-state index contributed by atoms with van der Waals surface area (Å²) < 4.78 is 1.74. The Bertz CT molecular complexity index is 1410. The van der Waals surface area contributed by atoms with E-state index in [9.17, 15) is 9.59 Å². The predicted octanol–water partition coefficient (Wildman–Crippen LogP) is 6.12. The van der Waals surface area contributed by atoms with Gasteiger partial charge < -0.3 is 15.2 Å². The highest BCUT2D eigenvalue weighted by Crippen LogP contribution is 2.27. The second kappa shape index (κ2) is 11.6. The standard InChI is InChI=1S/C23H19Cl3N6O2S2/c1-12(27-21(34)14-5-8-16(25)17(26)9-14)20-30-31-23(32(20)2)36-11-19(33)29-22-28-18(10-35-22)13-3-6-15(24)7-4-13/h3-10,12H,11H2,1-2H3,(H,27,34)(H,28,29,33)/t12-/m1/s1. The third-order valence-corrected chi connectivity index (χ3v) is 7.78. The molecule has 0 spiro atoms. The molecule has 0 fully saturated rings. The fourth-order valence-electron chi connectivity index (χ4n) is 3.18. The molecule has 2 aromatic carbocycles. The monoisotopic (exact) mass is 580 g/mol. The normalized spacial score (nSPS) is 11.8. The number of amides is 2. The highest BCUT2D eigenvalue weighted by molar-refractivity contribution is 7.99. The summed E-state index contributed by atoms with van der Waals surface area (Å²) in [5.41, 5.74) is 2.05. The van der Waals surface area contributed by atoms with Gasteiger partial charge in [0, 0.05) is 28.6 Å². The number of nitrogens with zero attached hydrogens (tertiary/aromatic N) is 4. The van der Waals surface area contributed by atoms with Crippen LogP contribution in [0.25, 0.3) is 11.3 Å². The van der Waals surface area contributed by atoms with Crippen LogP contribution in [-0.4, -0.2) is 37.3 Å². The molecule has 36 heavy (non-hydrogen) atoms. The zero-order valence-corrected chi connectivity index (χ0v) is 22.9. The minimum Gasteiger partial charge on any atom is -0.342 e. The smallest absolute Gasteiger partial charge is 0.251 e. The molecule has 0 aliphatic rings. The average Bonchev–Trinajstić information content (AvgIpc) is 3.46. The number of carbonyl (C=O) groups is 2. The van der Waals surface area contributed by atoms with Gasteiger partial charge in [-0.05, 0) is 37.3 Å². The molecule has 0 saturated carbocycles. The zero-order chi connectivity index (χ0) is 25.8. The van der Waals surface area contributed by atoms with E-state index in [-0.39, 0.29) is 17.6 Å². The molecule has 2 heterocycles. The number of nitrogens with one attached hydrogen (secondary N) is 2. The van der Waals surface area contributed by atoms with Crippen molar-refractivity contribution in [1.29, 1.82) is 0 Å². The van der Waals surface area contributed by atoms with Crippen LogP contribution in [0.5, 0.6) is 0 Å². The van der Waals surface area contributed by atoms with Gasteiger partial charge in [-0.3, -0.25) is 9.59 Å². The van der Waals surface area contributed by atoms with Gasteiger partial charge >= 0.3 is 0 Å². The number of rotatable bonds is 8. The molecular formula is C23H19Cl3N6O2S2. The molecule has 0 saturated heterocycles. The largest absolute Gasteiger partial charge is 0.342 e. The summed E-state index contributed by atoms with van der Waals surface area (Å²) in [4.78, 5) is 29.5.